The second kappa shape index (κ2) is 5.74. The number of nitrogens with two attached hydrogens (primary N) is 1. The first-order valence-electron chi connectivity index (χ1n) is 7.06. The van der Waals surface area contributed by atoms with E-state index in [4.69, 9.17) is 9.47 Å². The molecule has 0 bridgehead atoms. The van der Waals surface area contributed by atoms with Crippen molar-refractivity contribution in [3.05, 3.63) is 58.9 Å². The van der Waals surface area contributed by atoms with Crippen LogP contribution in [0.25, 0.3) is 0 Å². The fourth-order valence-electron chi connectivity index (χ4n) is 2.96. The SMILES string of the molecule is COc1cc2c(cc1OC)[C@H](c1ccc(F)cc1)[NH2+]CC2. The lowest BCUT2D eigenvalue weighted by Gasteiger charge is -2.25. The van der Waals surface area contributed by atoms with E-state index in [1.807, 2.05) is 18.2 Å². The van der Waals surface area contributed by atoms with Crippen molar-refractivity contribution in [1.29, 1.82) is 0 Å². The molecule has 2 aromatic carbocycles. The molecule has 3 nitrogen and oxygen atoms in total. The molecule has 0 fully saturated rings. The molecule has 0 saturated heterocycles. The van der Waals surface area contributed by atoms with Gasteiger partial charge in [-0.25, -0.2) is 4.39 Å². The normalized spacial score (nSPS) is 17.2. The summed E-state index contributed by atoms with van der Waals surface area (Å²) in [6.07, 6.45) is 0.993. The third-order valence-corrected chi connectivity index (χ3v) is 4.03. The van der Waals surface area contributed by atoms with Crippen LogP contribution < -0.4 is 14.8 Å². The van der Waals surface area contributed by atoms with Crippen LogP contribution >= 0.6 is 0 Å². The van der Waals surface area contributed by atoms with Crippen LogP contribution in [0.4, 0.5) is 4.39 Å². The summed E-state index contributed by atoms with van der Waals surface area (Å²) in [5.41, 5.74) is 3.58. The van der Waals surface area contributed by atoms with Crippen molar-refractivity contribution < 1.29 is 19.2 Å². The number of ether oxygens (including phenoxy) is 2. The zero-order valence-corrected chi connectivity index (χ0v) is 12.2. The molecule has 0 spiro atoms. The zero-order chi connectivity index (χ0) is 14.8. The fraction of sp³-hybridized carbons (Fsp3) is 0.294. The largest absolute Gasteiger partial charge is 0.493 e. The molecule has 2 N–H and O–H groups in total. The van der Waals surface area contributed by atoms with Gasteiger partial charge in [-0.2, -0.15) is 0 Å². The van der Waals surface area contributed by atoms with E-state index in [1.165, 1.54) is 23.3 Å². The van der Waals surface area contributed by atoms with Gasteiger partial charge in [0.25, 0.3) is 0 Å². The summed E-state index contributed by atoms with van der Waals surface area (Å²) in [6.45, 7) is 1.00. The third-order valence-electron chi connectivity index (χ3n) is 4.03. The van der Waals surface area contributed by atoms with Gasteiger partial charge in [0, 0.05) is 17.5 Å². The van der Waals surface area contributed by atoms with Crippen LogP contribution in [0, 0.1) is 5.82 Å². The highest BCUT2D eigenvalue weighted by Crippen LogP contribution is 2.35. The van der Waals surface area contributed by atoms with Crippen molar-refractivity contribution in [1.82, 2.24) is 0 Å². The lowest BCUT2D eigenvalue weighted by Crippen LogP contribution is -2.87. The van der Waals surface area contributed by atoms with E-state index in [0.717, 1.165) is 30.0 Å². The Hall–Kier alpha value is -2.07. The molecule has 1 heterocycles. The Morgan fingerprint density at radius 3 is 2.38 bits per heavy atom. The molecule has 2 aromatic rings. The number of fused-ring (bicyclic) bond motifs is 1. The Morgan fingerprint density at radius 2 is 1.71 bits per heavy atom. The minimum absolute atomic E-state index is 0.175. The molecular formula is C17H19FNO2+. The maximum Gasteiger partial charge on any atom is 0.161 e. The van der Waals surface area contributed by atoms with Crippen molar-refractivity contribution in [3.63, 3.8) is 0 Å². The number of benzene rings is 2. The van der Waals surface area contributed by atoms with Crippen molar-refractivity contribution >= 4 is 0 Å². The smallest absolute Gasteiger partial charge is 0.161 e. The van der Waals surface area contributed by atoms with E-state index < -0.39 is 0 Å². The molecule has 1 atom stereocenters. The summed E-state index contributed by atoms with van der Waals surface area (Å²) in [4.78, 5) is 0. The first-order valence-corrected chi connectivity index (χ1v) is 7.06. The van der Waals surface area contributed by atoms with Crippen LogP contribution in [0.5, 0.6) is 11.5 Å². The maximum atomic E-state index is 13.1. The number of quaternary nitrogens is 1. The summed E-state index contributed by atoms with van der Waals surface area (Å²) in [7, 11) is 3.29. The molecule has 3 rings (SSSR count). The second-order valence-corrected chi connectivity index (χ2v) is 5.21. The molecule has 1 aliphatic heterocycles. The van der Waals surface area contributed by atoms with E-state index in [0.29, 0.717) is 0 Å². The third kappa shape index (κ3) is 2.59. The van der Waals surface area contributed by atoms with E-state index in [2.05, 4.69) is 11.4 Å². The quantitative estimate of drug-likeness (QED) is 0.938. The molecular weight excluding hydrogens is 269 g/mol. The van der Waals surface area contributed by atoms with Gasteiger partial charge in [0.05, 0.1) is 20.8 Å². The predicted molar refractivity (Wildman–Crippen MR) is 78.3 cm³/mol. The van der Waals surface area contributed by atoms with Crippen molar-refractivity contribution in [3.8, 4) is 11.5 Å². The summed E-state index contributed by atoms with van der Waals surface area (Å²) in [5.74, 6) is 1.29. The highest BCUT2D eigenvalue weighted by Gasteiger charge is 2.27. The molecule has 21 heavy (non-hydrogen) atoms. The van der Waals surface area contributed by atoms with E-state index in [9.17, 15) is 4.39 Å². The van der Waals surface area contributed by atoms with Crippen LogP contribution in [0.1, 0.15) is 22.7 Å². The van der Waals surface area contributed by atoms with Gasteiger partial charge in [0.1, 0.15) is 11.9 Å². The molecule has 4 heteroatoms. The number of methoxy groups -OCH3 is 2. The summed E-state index contributed by atoms with van der Waals surface area (Å²) < 4.78 is 23.9. The number of rotatable bonds is 3. The van der Waals surface area contributed by atoms with Crippen molar-refractivity contribution in [2.24, 2.45) is 0 Å². The zero-order valence-electron chi connectivity index (χ0n) is 12.2. The van der Waals surface area contributed by atoms with Crippen LogP contribution in [-0.4, -0.2) is 20.8 Å². The van der Waals surface area contributed by atoms with Crippen molar-refractivity contribution in [2.45, 2.75) is 12.5 Å². The van der Waals surface area contributed by atoms with Gasteiger partial charge in [0.2, 0.25) is 0 Å². The molecule has 0 radical (unpaired) electrons. The van der Waals surface area contributed by atoms with Gasteiger partial charge >= 0.3 is 0 Å². The molecule has 0 saturated carbocycles. The first-order chi connectivity index (χ1) is 10.2. The minimum Gasteiger partial charge on any atom is -0.493 e. The fourth-order valence-corrected chi connectivity index (χ4v) is 2.96. The number of hydrogen-bond donors (Lipinski definition) is 1. The molecule has 0 unspecified atom stereocenters. The number of halogens is 1. The highest BCUT2D eigenvalue weighted by molar-refractivity contribution is 5.50. The predicted octanol–water partition coefficient (Wildman–Crippen LogP) is 2.05. The van der Waals surface area contributed by atoms with Crippen LogP contribution in [0.15, 0.2) is 36.4 Å². The van der Waals surface area contributed by atoms with E-state index in [1.54, 1.807) is 14.2 Å². The van der Waals surface area contributed by atoms with Crippen LogP contribution in [0.2, 0.25) is 0 Å². The Kier molecular flexibility index (Phi) is 3.80. The molecule has 0 aliphatic carbocycles. The van der Waals surface area contributed by atoms with Crippen LogP contribution in [0.3, 0.4) is 0 Å². The van der Waals surface area contributed by atoms with Gasteiger partial charge in [-0.1, -0.05) is 0 Å². The minimum atomic E-state index is -0.206. The Labute approximate surface area is 123 Å². The second-order valence-electron chi connectivity index (χ2n) is 5.21. The first kappa shape index (κ1) is 13.9. The molecule has 0 amide bonds. The van der Waals surface area contributed by atoms with Gasteiger partial charge in [-0.3, -0.25) is 0 Å². The standard InChI is InChI=1S/C17H18FNO2/c1-20-15-9-12-7-8-19-17(14(12)10-16(15)21-2)11-3-5-13(18)6-4-11/h3-6,9-10,17,19H,7-8H2,1-2H3/p+1/t17-/m0/s1. The summed E-state index contributed by atoms with van der Waals surface area (Å²) in [5, 5.41) is 2.28. The molecule has 0 aromatic heterocycles. The molecule has 110 valence electrons. The highest BCUT2D eigenvalue weighted by atomic mass is 19.1. The average Bonchev–Trinajstić information content (AvgIpc) is 2.53. The van der Waals surface area contributed by atoms with Gasteiger partial charge in [-0.15, -0.1) is 0 Å². The van der Waals surface area contributed by atoms with Gasteiger partial charge in [-0.05, 0) is 42.0 Å². The van der Waals surface area contributed by atoms with Crippen molar-refractivity contribution in [2.75, 3.05) is 20.8 Å². The summed E-state index contributed by atoms with van der Waals surface area (Å²) in [6, 6.07) is 11.0. The lowest BCUT2D eigenvalue weighted by molar-refractivity contribution is -0.690. The Morgan fingerprint density at radius 1 is 1.05 bits per heavy atom. The Balaban J connectivity index is 2.06. The maximum absolute atomic E-state index is 13.1. The van der Waals surface area contributed by atoms with Crippen LogP contribution in [-0.2, 0) is 6.42 Å². The topological polar surface area (TPSA) is 35.1 Å². The van der Waals surface area contributed by atoms with E-state index >= 15 is 0 Å². The number of hydrogen-bond acceptors (Lipinski definition) is 2. The monoisotopic (exact) mass is 288 g/mol. The summed E-state index contributed by atoms with van der Waals surface area (Å²) >= 11 is 0. The van der Waals surface area contributed by atoms with Gasteiger partial charge < -0.3 is 14.8 Å². The van der Waals surface area contributed by atoms with E-state index in [-0.39, 0.29) is 11.9 Å². The molecule has 1 aliphatic rings. The lowest BCUT2D eigenvalue weighted by atomic mass is 9.89. The Bertz CT molecular complexity index is 640. The average molecular weight is 288 g/mol. The van der Waals surface area contributed by atoms with Gasteiger partial charge in [0.15, 0.2) is 11.5 Å².